The summed E-state index contributed by atoms with van der Waals surface area (Å²) in [6, 6.07) is 7.78. The molecule has 0 atom stereocenters. The molecule has 1 aliphatic heterocycles. The number of amides is 1. The van der Waals surface area contributed by atoms with E-state index >= 15 is 0 Å². The predicted octanol–water partition coefficient (Wildman–Crippen LogP) is 0.984. The summed E-state index contributed by atoms with van der Waals surface area (Å²) in [7, 11) is -3.82. The van der Waals surface area contributed by atoms with Crippen LogP contribution in [0, 0.1) is 0 Å². The van der Waals surface area contributed by atoms with E-state index in [1.54, 1.807) is 25.1 Å². The Bertz CT molecular complexity index is 549. The molecule has 0 fully saturated rings. The molecule has 1 aromatic carbocycles. The Morgan fingerprint density at radius 3 is 2.38 bits per heavy atom. The van der Waals surface area contributed by atoms with E-state index in [2.05, 4.69) is 5.10 Å². The highest BCUT2D eigenvalue weighted by atomic mass is 32.2. The quantitative estimate of drug-likeness (QED) is 0.771. The minimum atomic E-state index is -3.82. The van der Waals surface area contributed by atoms with Crippen LogP contribution in [0.15, 0.2) is 40.3 Å². The van der Waals surface area contributed by atoms with Crippen molar-refractivity contribution in [3.63, 3.8) is 0 Å². The van der Waals surface area contributed by atoms with E-state index in [9.17, 15) is 13.2 Å². The van der Waals surface area contributed by atoms with Crippen LogP contribution >= 0.6 is 0 Å². The second-order valence-corrected chi connectivity index (χ2v) is 5.23. The van der Waals surface area contributed by atoms with Crippen LogP contribution in [0.25, 0.3) is 0 Å². The third-order valence-corrected chi connectivity index (χ3v) is 3.76. The molecule has 6 heteroatoms. The lowest BCUT2D eigenvalue weighted by atomic mass is 10.3. The summed E-state index contributed by atoms with van der Waals surface area (Å²) in [5, 5.41) is 3.73. The van der Waals surface area contributed by atoms with E-state index in [4.69, 9.17) is 0 Å². The zero-order valence-electron chi connectivity index (χ0n) is 8.62. The number of sulfonamides is 1. The Hall–Kier alpha value is -1.69. The lowest BCUT2D eigenvalue weighted by Gasteiger charge is -2.11. The molecule has 0 saturated carbocycles. The molecule has 0 aromatic heterocycles. The van der Waals surface area contributed by atoms with Crippen molar-refractivity contribution in [3.05, 3.63) is 30.3 Å². The Balaban J connectivity index is 2.45. The zero-order chi connectivity index (χ0) is 11.8. The summed E-state index contributed by atoms with van der Waals surface area (Å²) in [6.45, 7) is 1.62. The second kappa shape index (κ2) is 3.71. The Morgan fingerprint density at radius 1 is 1.25 bits per heavy atom. The van der Waals surface area contributed by atoms with Gasteiger partial charge in [-0.2, -0.15) is 13.5 Å². The van der Waals surface area contributed by atoms with Crippen molar-refractivity contribution >= 4 is 21.6 Å². The number of rotatable bonds is 2. The standard InChI is InChI=1S/C10H10N2O3S/c1-8-7-10(13)12(11-8)16(14,15)9-5-3-2-4-6-9/h2-6H,7H2,1H3. The van der Waals surface area contributed by atoms with Gasteiger partial charge in [0.25, 0.3) is 15.9 Å². The van der Waals surface area contributed by atoms with Gasteiger partial charge in [0.05, 0.1) is 11.3 Å². The number of carbonyl (C=O) groups is 1. The van der Waals surface area contributed by atoms with Crippen molar-refractivity contribution in [2.24, 2.45) is 5.10 Å². The molecule has 0 unspecified atom stereocenters. The summed E-state index contributed by atoms with van der Waals surface area (Å²) >= 11 is 0. The molecular weight excluding hydrogens is 228 g/mol. The third kappa shape index (κ3) is 1.71. The first-order valence-electron chi connectivity index (χ1n) is 4.69. The van der Waals surface area contributed by atoms with Crippen LogP contribution in [-0.4, -0.2) is 24.5 Å². The smallest absolute Gasteiger partial charge is 0.271 e. The molecule has 84 valence electrons. The average Bonchev–Trinajstić information content (AvgIpc) is 2.60. The second-order valence-electron chi connectivity index (χ2n) is 3.47. The SMILES string of the molecule is CC1=NN(S(=O)(=O)c2ccccc2)C(=O)C1. The Kier molecular flexibility index (Phi) is 2.51. The Labute approximate surface area is 93.4 Å². The number of benzene rings is 1. The van der Waals surface area contributed by atoms with Gasteiger partial charge in [0, 0.05) is 5.71 Å². The summed E-state index contributed by atoms with van der Waals surface area (Å²) in [6.07, 6.45) is 0.0616. The fourth-order valence-corrected chi connectivity index (χ4v) is 2.69. The normalized spacial score (nSPS) is 16.4. The molecule has 0 spiro atoms. The number of hydrazone groups is 1. The monoisotopic (exact) mass is 238 g/mol. The third-order valence-electron chi connectivity index (χ3n) is 2.15. The van der Waals surface area contributed by atoms with Gasteiger partial charge in [0.1, 0.15) is 0 Å². The van der Waals surface area contributed by atoms with E-state index in [-0.39, 0.29) is 11.3 Å². The van der Waals surface area contributed by atoms with Gasteiger partial charge >= 0.3 is 0 Å². The van der Waals surface area contributed by atoms with E-state index in [0.29, 0.717) is 10.1 Å². The minimum absolute atomic E-state index is 0.0616. The van der Waals surface area contributed by atoms with Gasteiger partial charge in [-0.25, -0.2) is 0 Å². The molecule has 16 heavy (non-hydrogen) atoms. The maximum Gasteiger partial charge on any atom is 0.286 e. The van der Waals surface area contributed by atoms with Crippen LogP contribution in [0.4, 0.5) is 0 Å². The van der Waals surface area contributed by atoms with Gasteiger partial charge < -0.3 is 0 Å². The van der Waals surface area contributed by atoms with E-state index in [1.807, 2.05) is 0 Å². The van der Waals surface area contributed by atoms with Gasteiger partial charge in [0.2, 0.25) is 0 Å². The topological polar surface area (TPSA) is 66.8 Å². The molecule has 1 aromatic rings. The summed E-state index contributed by atoms with van der Waals surface area (Å²) < 4.78 is 24.5. The van der Waals surface area contributed by atoms with E-state index in [0.717, 1.165) is 0 Å². The highest BCUT2D eigenvalue weighted by Crippen LogP contribution is 2.20. The first-order valence-corrected chi connectivity index (χ1v) is 6.13. The van der Waals surface area contributed by atoms with Crippen LogP contribution in [0.1, 0.15) is 13.3 Å². The van der Waals surface area contributed by atoms with Gasteiger partial charge in [-0.3, -0.25) is 4.79 Å². The maximum absolute atomic E-state index is 12.0. The summed E-state index contributed by atoms with van der Waals surface area (Å²) in [4.78, 5) is 11.5. The van der Waals surface area contributed by atoms with Crippen molar-refractivity contribution in [1.29, 1.82) is 0 Å². The van der Waals surface area contributed by atoms with Crippen molar-refractivity contribution in [2.75, 3.05) is 0 Å². The van der Waals surface area contributed by atoms with Gasteiger partial charge in [-0.05, 0) is 19.1 Å². The molecule has 5 nitrogen and oxygen atoms in total. The van der Waals surface area contributed by atoms with E-state index < -0.39 is 15.9 Å². The first kappa shape index (κ1) is 10.8. The Morgan fingerprint density at radius 2 is 1.88 bits per heavy atom. The van der Waals surface area contributed by atoms with Gasteiger partial charge in [-0.15, -0.1) is 4.41 Å². The highest BCUT2D eigenvalue weighted by Gasteiger charge is 2.33. The van der Waals surface area contributed by atoms with Gasteiger partial charge in [0.15, 0.2) is 0 Å². The van der Waals surface area contributed by atoms with Crippen molar-refractivity contribution in [1.82, 2.24) is 4.41 Å². The lowest BCUT2D eigenvalue weighted by Crippen LogP contribution is -2.28. The minimum Gasteiger partial charge on any atom is -0.271 e. The molecule has 1 amide bonds. The fraction of sp³-hybridized carbons (Fsp3) is 0.200. The highest BCUT2D eigenvalue weighted by molar-refractivity contribution is 7.89. The molecule has 2 rings (SSSR count). The first-order chi connectivity index (χ1) is 7.51. The van der Waals surface area contributed by atoms with Crippen LogP contribution in [-0.2, 0) is 14.8 Å². The summed E-state index contributed by atoms with van der Waals surface area (Å²) in [5.41, 5.74) is 0.504. The lowest BCUT2D eigenvalue weighted by molar-refractivity contribution is -0.124. The predicted molar refractivity (Wildman–Crippen MR) is 58.2 cm³/mol. The number of hydrogen-bond acceptors (Lipinski definition) is 4. The summed E-state index contributed by atoms with van der Waals surface area (Å²) in [5.74, 6) is -0.513. The van der Waals surface area contributed by atoms with Crippen molar-refractivity contribution in [2.45, 2.75) is 18.2 Å². The molecule has 1 heterocycles. The van der Waals surface area contributed by atoms with Crippen molar-refractivity contribution < 1.29 is 13.2 Å². The zero-order valence-corrected chi connectivity index (χ0v) is 9.44. The van der Waals surface area contributed by atoms with Crippen LogP contribution < -0.4 is 0 Å². The molecular formula is C10H10N2O3S. The molecule has 0 radical (unpaired) electrons. The molecule has 1 aliphatic rings. The number of nitrogens with zero attached hydrogens (tertiary/aromatic N) is 2. The van der Waals surface area contributed by atoms with Crippen LogP contribution in [0.5, 0.6) is 0 Å². The number of carbonyl (C=O) groups excluding carboxylic acids is 1. The maximum atomic E-state index is 12.0. The van der Waals surface area contributed by atoms with Gasteiger partial charge in [-0.1, -0.05) is 18.2 Å². The van der Waals surface area contributed by atoms with E-state index in [1.165, 1.54) is 12.1 Å². The molecule has 0 N–H and O–H groups in total. The fourth-order valence-electron chi connectivity index (χ4n) is 1.41. The molecule has 0 bridgehead atoms. The van der Waals surface area contributed by atoms with Crippen LogP contribution in [0.2, 0.25) is 0 Å². The molecule has 0 saturated heterocycles. The van der Waals surface area contributed by atoms with Crippen LogP contribution in [0.3, 0.4) is 0 Å². The van der Waals surface area contributed by atoms with Crippen molar-refractivity contribution in [3.8, 4) is 0 Å². The number of hydrogen-bond donors (Lipinski definition) is 0. The molecule has 0 aliphatic carbocycles. The largest absolute Gasteiger partial charge is 0.286 e. The average molecular weight is 238 g/mol.